The second kappa shape index (κ2) is 49.7. The van der Waals surface area contributed by atoms with E-state index in [0.717, 1.165) is 51.4 Å². The predicted octanol–water partition coefficient (Wildman–Crippen LogP) is 17.4. The number of nitrogens with one attached hydrogen (secondary N) is 1. The maximum Gasteiger partial charge on any atom is 0.472 e. The smallest absolute Gasteiger partial charge is 0.387 e. The maximum atomic E-state index is 13.0. The third-order valence-corrected chi connectivity index (χ3v) is 14.1. The topological polar surface area (TPSA) is 105 Å². The maximum absolute atomic E-state index is 13.0. The van der Waals surface area contributed by atoms with Gasteiger partial charge in [0, 0.05) is 6.42 Å². The van der Waals surface area contributed by atoms with Crippen molar-refractivity contribution < 1.29 is 32.9 Å². The fourth-order valence-corrected chi connectivity index (χ4v) is 9.35. The van der Waals surface area contributed by atoms with Gasteiger partial charge in [0.15, 0.2) is 0 Å². The van der Waals surface area contributed by atoms with E-state index in [0.29, 0.717) is 17.4 Å². The van der Waals surface area contributed by atoms with Crippen molar-refractivity contribution in [1.29, 1.82) is 0 Å². The molecule has 0 aliphatic heterocycles. The summed E-state index contributed by atoms with van der Waals surface area (Å²) in [6, 6.07) is -0.846. The number of carbonyl (C=O) groups excluding carboxylic acids is 1. The fraction of sp³-hybridized carbons (Fsp3) is 0.879. The Kier molecular flexibility index (Phi) is 48.7. The number of hydrogen-bond acceptors (Lipinski definition) is 5. The van der Waals surface area contributed by atoms with Crippen LogP contribution in [0.3, 0.4) is 0 Å². The number of phosphoric acid groups is 1. The van der Waals surface area contributed by atoms with Crippen LogP contribution in [0.4, 0.5) is 0 Å². The standard InChI is InChI=1S/C58H113N2O6P/c1-6-8-10-12-14-16-18-20-22-24-26-28-29-30-32-33-35-37-39-41-43-45-47-49-51-57(61)56(55-66-67(63,64)65-54-53-60(3,4)5)59-58(62)52-50-48-46-44-42-40-38-36-34-31-27-25-23-21-19-17-15-13-11-9-7-2/h9,11,15,17,49,51,56-57,61H,6-8,10,12-14,16,18-48,50,52-55H2,1-5H3,(H-,59,62,63,64)/p+1/b11-9-,17-15-,51-49+. The molecule has 67 heavy (non-hydrogen) atoms. The molecule has 0 bridgehead atoms. The Balaban J connectivity index is 4.19. The molecule has 0 radical (unpaired) electrons. The minimum atomic E-state index is -4.35. The Labute approximate surface area is 417 Å². The van der Waals surface area contributed by atoms with Crippen LogP contribution < -0.4 is 5.32 Å². The highest BCUT2D eigenvalue weighted by atomic mass is 31.2. The van der Waals surface area contributed by atoms with Crippen molar-refractivity contribution in [2.24, 2.45) is 0 Å². The summed E-state index contributed by atoms with van der Waals surface area (Å²) in [6.07, 6.45) is 63.9. The van der Waals surface area contributed by atoms with Crippen molar-refractivity contribution in [2.45, 2.75) is 289 Å². The van der Waals surface area contributed by atoms with Crippen molar-refractivity contribution in [3.05, 3.63) is 36.5 Å². The molecule has 0 aromatic carbocycles. The number of aliphatic hydroxyl groups is 1. The summed E-state index contributed by atoms with van der Waals surface area (Å²) in [5, 5.41) is 14.0. The molecule has 396 valence electrons. The number of carbonyl (C=O) groups is 1. The van der Waals surface area contributed by atoms with Crippen LogP contribution in [-0.2, 0) is 18.4 Å². The van der Waals surface area contributed by atoms with Gasteiger partial charge in [-0.15, -0.1) is 0 Å². The van der Waals surface area contributed by atoms with Gasteiger partial charge in [0.25, 0.3) is 0 Å². The molecule has 0 spiro atoms. The first-order chi connectivity index (χ1) is 32.5. The van der Waals surface area contributed by atoms with Crippen LogP contribution in [-0.4, -0.2) is 73.4 Å². The quantitative estimate of drug-likeness (QED) is 0.0243. The molecule has 0 rings (SSSR count). The van der Waals surface area contributed by atoms with E-state index in [4.69, 9.17) is 9.05 Å². The minimum Gasteiger partial charge on any atom is -0.387 e. The number of amides is 1. The number of unbranched alkanes of at least 4 members (excludes halogenated alkanes) is 36. The number of rotatable bonds is 53. The third kappa shape index (κ3) is 52.4. The highest BCUT2D eigenvalue weighted by Gasteiger charge is 2.27. The first-order valence-electron chi connectivity index (χ1n) is 28.9. The van der Waals surface area contributed by atoms with Crippen LogP contribution in [0.25, 0.3) is 0 Å². The van der Waals surface area contributed by atoms with Gasteiger partial charge in [-0.3, -0.25) is 13.8 Å². The molecular formula is C58H114N2O6P+. The van der Waals surface area contributed by atoms with Crippen LogP contribution in [0.15, 0.2) is 36.5 Å². The number of nitrogens with zero attached hydrogens (tertiary/aromatic N) is 1. The zero-order chi connectivity index (χ0) is 49.2. The lowest BCUT2D eigenvalue weighted by molar-refractivity contribution is -0.870. The Morgan fingerprint density at radius 3 is 1.30 bits per heavy atom. The number of allylic oxidation sites excluding steroid dienone is 5. The number of aliphatic hydroxyl groups excluding tert-OH is 1. The highest BCUT2D eigenvalue weighted by Crippen LogP contribution is 2.43. The summed E-state index contributed by atoms with van der Waals surface area (Å²) in [6.45, 7) is 4.75. The number of quaternary nitrogens is 1. The van der Waals surface area contributed by atoms with E-state index < -0.39 is 20.0 Å². The molecule has 1 amide bonds. The van der Waals surface area contributed by atoms with Gasteiger partial charge >= 0.3 is 7.82 Å². The zero-order valence-corrected chi connectivity index (χ0v) is 46.0. The van der Waals surface area contributed by atoms with E-state index in [1.165, 1.54) is 205 Å². The average Bonchev–Trinajstić information content (AvgIpc) is 3.29. The molecule has 9 heteroatoms. The minimum absolute atomic E-state index is 0.0625. The summed E-state index contributed by atoms with van der Waals surface area (Å²) in [7, 11) is 1.58. The van der Waals surface area contributed by atoms with E-state index in [1.807, 2.05) is 27.2 Å². The average molecular weight is 967 g/mol. The lowest BCUT2D eigenvalue weighted by Crippen LogP contribution is -2.45. The van der Waals surface area contributed by atoms with E-state index in [2.05, 4.69) is 43.5 Å². The van der Waals surface area contributed by atoms with Crippen LogP contribution >= 0.6 is 7.82 Å². The number of phosphoric ester groups is 1. The van der Waals surface area contributed by atoms with E-state index >= 15 is 0 Å². The van der Waals surface area contributed by atoms with E-state index in [1.54, 1.807) is 6.08 Å². The van der Waals surface area contributed by atoms with Crippen LogP contribution in [0.1, 0.15) is 277 Å². The van der Waals surface area contributed by atoms with Gasteiger partial charge < -0.3 is 19.8 Å². The zero-order valence-electron chi connectivity index (χ0n) is 45.2. The summed E-state index contributed by atoms with van der Waals surface area (Å²) < 4.78 is 23.7. The largest absolute Gasteiger partial charge is 0.472 e. The Morgan fingerprint density at radius 1 is 0.522 bits per heavy atom. The summed E-state index contributed by atoms with van der Waals surface area (Å²) in [4.78, 5) is 23.3. The van der Waals surface area contributed by atoms with Crippen molar-refractivity contribution in [1.82, 2.24) is 5.32 Å². The van der Waals surface area contributed by atoms with Gasteiger partial charge in [-0.25, -0.2) is 4.57 Å². The normalized spacial score (nSPS) is 14.2. The lowest BCUT2D eigenvalue weighted by atomic mass is 10.0. The molecular weight excluding hydrogens is 852 g/mol. The van der Waals surface area contributed by atoms with Gasteiger partial charge in [-0.2, -0.15) is 0 Å². The second-order valence-corrected chi connectivity index (χ2v) is 22.4. The first kappa shape index (κ1) is 65.7. The van der Waals surface area contributed by atoms with Crippen molar-refractivity contribution in [2.75, 3.05) is 40.9 Å². The molecule has 3 unspecified atom stereocenters. The van der Waals surface area contributed by atoms with Gasteiger partial charge in [-0.05, 0) is 44.9 Å². The molecule has 0 aromatic heterocycles. The molecule has 0 aliphatic carbocycles. The second-order valence-electron chi connectivity index (χ2n) is 21.0. The van der Waals surface area contributed by atoms with Gasteiger partial charge in [0.1, 0.15) is 13.2 Å². The van der Waals surface area contributed by atoms with E-state index in [9.17, 15) is 19.4 Å². The lowest BCUT2D eigenvalue weighted by Gasteiger charge is -2.25. The molecule has 8 nitrogen and oxygen atoms in total. The SMILES string of the molecule is CC/C=C\C/C=C\CCCCCCCCCCCCCCCCC(=O)NC(COP(=O)(O)OCC[N+](C)(C)C)C(O)/C=C/CCCCCCCCCCCCCCCCCCCCCCCC. The van der Waals surface area contributed by atoms with Crippen LogP contribution in [0.2, 0.25) is 0 Å². The number of hydrogen-bond donors (Lipinski definition) is 3. The van der Waals surface area contributed by atoms with Gasteiger partial charge in [-0.1, -0.05) is 262 Å². The molecule has 3 N–H and O–H groups in total. The van der Waals surface area contributed by atoms with Gasteiger partial charge in [0.2, 0.25) is 5.91 Å². The molecule has 3 atom stereocenters. The molecule has 0 saturated heterocycles. The molecule has 0 aliphatic rings. The molecule has 0 saturated carbocycles. The monoisotopic (exact) mass is 966 g/mol. The van der Waals surface area contributed by atoms with Crippen molar-refractivity contribution >= 4 is 13.7 Å². The first-order valence-corrected chi connectivity index (χ1v) is 30.4. The Hall–Kier alpha value is -1.28. The fourth-order valence-electron chi connectivity index (χ4n) is 8.61. The van der Waals surface area contributed by atoms with E-state index in [-0.39, 0.29) is 19.1 Å². The molecule has 0 heterocycles. The Morgan fingerprint density at radius 2 is 0.896 bits per heavy atom. The molecule has 0 aromatic rings. The van der Waals surface area contributed by atoms with Crippen molar-refractivity contribution in [3.63, 3.8) is 0 Å². The van der Waals surface area contributed by atoms with Gasteiger partial charge in [0.05, 0.1) is 39.9 Å². The highest BCUT2D eigenvalue weighted by molar-refractivity contribution is 7.47. The Bertz CT molecular complexity index is 1190. The predicted molar refractivity (Wildman–Crippen MR) is 291 cm³/mol. The summed E-state index contributed by atoms with van der Waals surface area (Å²) in [5.41, 5.74) is 0. The van der Waals surface area contributed by atoms with Crippen molar-refractivity contribution in [3.8, 4) is 0 Å². The van der Waals surface area contributed by atoms with Crippen LogP contribution in [0.5, 0.6) is 0 Å². The number of likely N-dealkylation sites (N-methyl/N-ethyl adjacent to an activating group) is 1. The third-order valence-electron chi connectivity index (χ3n) is 13.1. The van der Waals surface area contributed by atoms with Crippen LogP contribution in [0, 0.1) is 0 Å². The molecule has 0 fully saturated rings. The summed E-state index contributed by atoms with van der Waals surface area (Å²) in [5.74, 6) is -0.174. The summed E-state index contributed by atoms with van der Waals surface area (Å²) >= 11 is 0.